The predicted molar refractivity (Wildman–Crippen MR) is 111 cm³/mol. The minimum atomic E-state index is 0. The van der Waals surface area contributed by atoms with Gasteiger partial charge in [0, 0.05) is 32.4 Å². The van der Waals surface area contributed by atoms with Crippen molar-refractivity contribution in [3.05, 3.63) is 23.9 Å². The zero-order valence-corrected chi connectivity index (χ0v) is 17.0. The topological polar surface area (TPSA) is 52.6 Å². The van der Waals surface area contributed by atoms with E-state index >= 15 is 0 Å². The predicted octanol–water partition coefficient (Wildman–Crippen LogP) is 3.16. The fourth-order valence-corrected chi connectivity index (χ4v) is 2.93. The first-order valence-corrected chi connectivity index (χ1v) is 9.07. The zero-order valence-electron chi connectivity index (χ0n) is 14.6. The van der Waals surface area contributed by atoms with E-state index in [0.717, 1.165) is 43.9 Å². The van der Waals surface area contributed by atoms with Crippen LogP contribution in [0, 0.1) is 5.92 Å². The molecule has 3 rings (SSSR count). The van der Waals surface area contributed by atoms with E-state index in [9.17, 15) is 0 Å². The van der Waals surface area contributed by atoms with Crippen LogP contribution in [0.1, 0.15) is 44.6 Å². The lowest BCUT2D eigenvalue weighted by Gasteiger charge is -2.27. The molecule has 0 unspecified atom stereocenters. The summed E-state index contributed by atoms with van der Waals surface area (Å²) in [5.74, 6) is 2.88. The molecule has 0 radical (unpaired) electrons. The van der Waals surface area contributed by atoms with Crippen molar-refractivity contribution in [1.29, 1.82) is 0 Å². The van der Waals surface area contributed by atoms with Gasteiger partial charge in [0.25, 0.3) is 0 Å². The summed E-state index contributed by atoms with van der Waals surface area (Å²) in [7, 11) is 0. The third-order valence-corrected chi connectivity index (χ3v) is 4.51. The Morgan fingerprint density at radius 3 is 2.75 bits per heavy atom. The highest BCUT2D eigenvalue weighted by atomic mass is 127. The van der Waals surface area contributed by atoms with Crippen LogP contribution in [0.25, 0.3) is 0 Å². The van der Waals surface area contributed by atoms with E-state index in [1.54, 1.807) is 0 Å². The van der Waals surface area contributed by atoms with Crippen LogP contribution in [0.4, 0.5) is 5.82 Å². The Bertz CT molecular complexity index is 524. The summed E-state index contributed by atoms with van der Waals surface area (Å²) >= 11 is 0. The molecular weight excluding hydrogens is 413 g/mol. The summed E-state index contributed by atoms with van der Waals surface area (Å²) in [6.45, 7) is 7.00. The molecule has 0 bridgehead atoms. The smallest absolute Gasteiger partial charge is 0.191 e. The molecule has 2 N–H and O–H groups in total. The maximum absolute atomic E-state index is 4.72. The lowest BCUT2D eigenvalue weighted by atomic mass is 10.1. The third-order valence-electron chi connectivity index (χ3n) is 4.51. The van der Waals surface area contributed by atoms with Crippen LogP contribution in [-0.4, -0.2) is 37.1 Å². The average Bonchev–Trinajstić information content (AvgIpc) is 3.43. The summed E-state index contributed by atoms with van der Waals surface area (Å²) in [6.07, 6.45) is 8.53. The van der Waals surface area contributed by atoms with Crippen molar-refractivity contribution in [2.45, 2.75) is 45.6 Å². The number of pyridine rings is 1. The summed E-state index contributed by atoms with van der Waals surface area (Å²) in [5.41, 5.74) is 1.23. The van der Waals surface area contributed by atoms with Gasteiger partial charge in [0.1, 0.15) is 5.82 Å². The van der Waals surface area contributed by atoms with E-state index in [1.165, 1.54) is 37.7 Å². The molecule has 134 valence electrons. The second-order valence-corrected chi connectivity index (χ2v) is 6.59. The largest absolute Gasteiger partial charge is 0.357 e. The first kappa shape index (κ1) is 19.3. The van der Waals surface area contributed by atoms with Crippen LogP contribution < -0.4 is 15.5 Å². The molecule has 0 spiro atoms. The van der Waals surface area contributed by atoms with Gasteiger partial charge in [0.05, 0.1) is 6.54 Å². The van der Waals surface area contributed by atoms with Gasteiger partial charge in [-0.2, -0.15) is 0 Å². The fraction of sp³-hybridized carbons (Fsp3) is 0.667. The number of aliphatic imine (C=N–C) groups is 1. The number of halogens is 1. The second kappa shape index (κ2) is 10.1. The van der Waals surface area contributed by atoms with E-state index in [-0.39, 0.29) is 24.0 Å². The van der Waals surface area contributed by atoms with Gasteiger partial charge in [-0.05, 0) is 62.6 Å². The Morgan fingerprint density at radius 1 is 1.25 bits per heavy atom. The van der Waals surface area contributed by atoms with Gasteiger partial charge in [-0.25, -0.2) is 9.98 Å². The molecule has 2 heterocycles. The number of piperidine rings is 1. The van der Waals surface area contributed by atoms with E-state index in [0.29, 0.717) is 6.54 Å². The summed E-state index contributed by atoms with van der Waals surface area (Å²) in [6, 6.07) is 4.26. The molecule has 2 aliphatic rings. The number of hydrogen-bond acceptors (Lipinski definition) is 3. The Balaban J connectivity index is 0.00000208. The monoisotopic (exact) mass is 443 g/mol. The molecule has 1 aromatic heterocycles. The lowest BCUT2D eigenvalue weighted by Crippen LogP contribution is -2.38. The molecule has 6 heteroatoms. The van der Waals surface area contributed by atoms with Gasteiger partial charge in [-0.3, -0.25) is 0 Å². The Hall–Kier alpha value is -1.05. The Kier molecular flexibility index (Phi) is 8.08. The second-order valence-electron chi connectivity index (χ2n) is 6.59. The molecule has 1 saturated heterocycles. The van der Waals surface area contributed by atoms with Crippen LogP contribution in [0.5, 0.6) is 0 Å². The van der Waals surface area contributed by atoms with Crippen LogP contribution in [0.15, 0.2) is 23.3 Å². The van der Waals surface area contributed by atoms with Crippen molar-refractivity contribution in [3.8, 4) is 0 Å². The molecule has 24 heavy (non-hydrogen) atoms. The van der Waals surface area contributed by atoms with Crippen molar-refractivity contribution in [1.82, 2.24) is 15.6 Å². The highest BCUT2D eigenvalue weighted by molar-refractivity contribution is 14.0. The highest BCUT2D eigenvalue weighted by Gasteiger charge is 2.21. The number of rotatable bonds is 6. The summed E-state index contributed by atoms with van der Waals surface area (Å²) < 4.78 is 0. The standard InChI is InChI=1S/C18H29N5.HI/c1-2-19-18(21-13-15-6-7-15)22-14-16-8-9-20-17(12-16)23-10-4-3-5-11-23;/h8-9,12,15H,2-7,10-11,13-14H2,1H3,(H2,19,21,22);1H. The molecule has 1 aromatic rings. The quantitative estimate of drug-likeness (QED) is 0.403. The highest BCUT2D eigenvalue weighted by Crippen LogP contribution is 2.27. The van der Waals surface area contributed by atoms with Crippen molar-refractivity contribution >= 4 is 35.8 Å². The summed E-state index contributed by atoms with van der Waals surface area (Å²) in [5, 5.41) is 6.77. The van der Waals surface area contributed by atoms with Gasteiger partial charge in [0.15, 0.2) is 5.96 Å². The van der Waals surface area contributed by atoms with Crippen LogP contribution in [0.3, 0.4) is 0 Å². The first-order valence-electron chi connectivity index (χ1n) is 9.07. The average molecular weight is 443 g/mol. The van der Waals surface area contributed by atoms with Gasteiger partial charge < -0.3 is 15.5 Å². The fourth-order valence-electron chi connectivity index (χ4n) is 2.93. The number of aromatic nitrogens is 1. The molecule has 0 aromatic carbocycles. The SMILES string of the molecule is CCNC(=NCc1ccnc(N2CCCCC2)c1)NCC1CC1.I. The maximum Gasteiger partial charge on any atom is 0.191 e. The van der Waals surface area contributed by atoms with Crippen LogP contribution in [-0.2, 0) is 6.54 Å². The van der Waals surface area contributed by atoms with E-state index in [1.807, 2.05) is 6.20 Å². The van der Waals surface area contributed by atoms with Crippen molar-refractivity contribution in [2.24, 2.45) is 10.9 Å². The number of nitrogens with one attached hydrogen (secondary N) is 2. The Labute approximate surface area is 162 Å². The molecule has 1 aliphatic carbocycles. The van der Waals surface area contributed by atoms with E-state index < -0.39 is 0 Å². The minimum absolute atomic E-state index is 0. The maximum atomic E-state index is 4.72. The van der Waals surface area contributed by atoms with E-state index in [2.05, 4.69) is 39.6 Å². The summed E-state index contributed by atoms with van der Waals surface area (Å²) in [4.78, 5) is 11.7. The minimum Gasteiger partial charge on any atom is -0.357 e. The van der Waals surface area contributed by atoms with Gasteiger partial charge >= 0.3 is 0 Å². The molecule has 1 aliphatic heterocycles. The normalized spacial score (nSPS) is 18.0. The van der Waals surface area contributed by atoms with E-state index in [4.69, 9.17) is 4.99 Å². The number of nitrogens with zero attached hydrogens (tertiary/aromatic N) is 3. The number of hydrogen-bond donors (Lipinski definition) is 2. The molecular formula is C18H30IN5. The van der Waals surface area contributed by atoms with Gasteiger partial charge in [-0.15, -0.1) is 24.0 Å². The van der Waals surface area contributed by atoms with Crippen molar-refractivity contribution < 1.29 is 0 Å². The third kappa shape index (κ3) is 6.11. The van der Waals surface area contributed by atoms with Crippen LogP contribution in [0.2, 0.25) is 0 Å². The van der Waals surface area contributed by atoms with Crippen LogP contribution >= 0.6 is 24.0 Å². The first-order chi connectivity index (χ1) is 11.3. The zero-order chi connectivity index (χ0) is 15.9. The lowest BCUT2D eigenvalue weighted by molar-refractivity contribution is 0.573. The molecule has 0 atom stereocenters. The molecule has 5 nitrogen and oxygen atoms in total. The van der Waals surface area contributed by atoms with Gasteiger partial charge in [0.2, 0.25) is 0 Å². The number of guanidine groups is 1. The van der Waals surface area contributed by atoms with Crippen molar-refractivity contribution in [3.63, 3.8) is 0 Å². The molecule has 1 saturated carbocycles. The van der Waals surface area contributed by atoms with Gasteiger partial charge in [-0.1, -0.05) is 0 Å². The molecule has 2 fully saturated rings. The number of anilines is 1. The van der Waals surface area contributed by atoms with Crippen molar-refractivity contribution in [2.75, 3.05) is 31.1 Å². The Morgan fingerprint density at radius 2 is 2.04 bits per heavy atom. The molecule has 0 amide bonds.